The maximum absolute atomic E-state index is 10.4. The van der Waals surface area contributed by atoms with Crippen molar-refractivity contribution >= 4 is 23.6 Å². The van der Waals surface area contributed by atoms with Crippen LogP contribution < -0.4 is 10.6 Å². The molecule has 6 nitrogen and oxygen atoms in total. The molecule has 2 aliphatic heterocycles. The van der Waals surface area contributed by atoms with Crippen molar-refractivity contribution in [3.63, 3.8) is 0 Å². The summed E-state index contributed by atoms with van der Waals surface area (Å²) in [6, 6.07) is 21.1. The van der Waals surface area contributed by atoms with Gasteiger partial charge in [0.25, 0.3) is 11.8 Å². The van der Waals surface area contributed by atoms with Crippen LogP contribution in [-0.4, -0.2) is 23.6 Å². The number of carbonyl (C=O) groups excluding carboxylic acids is 4. The minimum Gasteiger partial charge on any atom is -0.292 e. The Hall–Kier alpha value is -3.80. The van der Waals surface area contributed by atoms with Gasteiger partial charge in [-0.15, -0.1) is 0 Å². The number of nitrogens with one attached hydrogen (secondary N) is 2. The van der Waals surface area contributed by atoms with Crippen molar-refractivity contribution < 1.29 is 19.2 Å². The number of carbonyl (C=O) groups is 4. The first-order valence-electron chi connectivity index (χ1n) is 8.97. The van der Waals surface area contributed by atoms with Gasteiger partial charge in [-0.05, 0) is 17.5 Å². The molecule has 2 saturated heterocycles. The lowest BCUT2D eigenvalue weighted by molar-refractivity contribution is -0.125. The zero-order valence-corrected chi connectivity index (χ0v) is 15.9. The van der Waals surface area contributed by atoms with Crippen molar-refractivity contribution in [1.29, 1.82) is 0 Å². The van der Waals surface area contributed by atoms with Crippen LogP contribution in [0.2, 0.25) is 0 Å². The van der Waals surface area contributed by atoms with Crippen molar-refractivity contribution in [2.75, 3.05) is 0 Å². The first-order chi connectivity index (χ1) is 13.8. The normalized spacial score (nSPS) is 15.0. The Morgan fingerprint density at radius 2 is 0.966 bits per heavy atom. The molecule has 4 rings (SSSR count). The molecule has 0 atom stereocenters. The molecular formula is C23H22N2O4. The summed E-state index contributed by atoms with van der Waals surface area (Å²) in [5.41, 5.74) is 3.45. The molecule has 2 heterocycles. The van der Waals surface area contributed by atoms with Crippen LogP contribution in [0.4, 0.5) is 0 Å². The van der Waals surface area contributed by atoms with E-state index >= 15 is 0 Å². The highest BCUT2D eigenvalue weighted by Gasteiger charge is 2.21. The van der Waals surface area contributed by atoms with E-state index in [-0.39, 0.29) is 36.5 Å². The molecule has 6 heteroatoms. The van der Waals surface area contributed by atoms with E-state index < -0.39 is 0 Å². The van der Waals surface area contributed by atoms with Crippen LogP contribution in [0.5, 0.6) is 0 Å². The van der Waals surface area contributed by atoms with Crippen LogP contribution in [0, 0.1) is 0 Å². The van der Waals surface area contributed by atoms with E-state index in [1.807, 2.05) is 0 Å². The van der Waals surface area contributed by atoms with Crippen LogP contribution in [0.3, 0.4) is 0 Å². The Morgan fingerprint density at radius 3 is 1.17 bits per heavy atom. The van der Waals surface area contributed by atoms with Gasteiger partial charge in [0.1, 0.15) is 0 Å². The fourth-order valence-electron chi connectivity index (χ4n) is 2.49. The van der Waals surface area contributed by atoms with Crippen LogP contribution in [0.1, 0.15) is 24.0 Å². The van der Waals surface area contributed by atoms with E-state index in [4.69, 9.17) is 0 Å². The molecular weight excluding hydrogens is 368 g/mol. The molecule has 148 valence electrons. The third-order valence-electron chi connectivity index (χ3n) is 3.99. The Bertz CT molecular complexity index is 820. The summed E-state index contributed by atoms with van der Waals surface area (Å²) in [4.78, 5) is 41.2. The molecule has 0 spiro atoms. The lowest BCUT2D eigenvalue weighted by atomic mass is 10.1. The first kappa shape index (κ1) is 21.5. The average Bonchev–Trinajstić information content (AvgIpc) is 3.15. The highest BCUT2D eigenvalue weighted by atomic mass is 16.2. The maximum atomic E-state index is 10.4. The molecule has 0 aromatic heterocycles. The summed E-state index contributed by atoms with van der Waals surface area (Å²) in [6.07, 6.45) is 1.36. The second-order valence-corrected chi connectivity index (χ2v) is 6.46. The van der Waals surface area contributed by atoms with Gasteiger partial charge in [-0.25, -0.2) is 0 Å². The van der Waals surface area contributed by atoms with E-state index in [1.165, 1.54) is 11.1 Å². The number of amides is 4. The first-order valence-corrected chi connectivity index (χ1v) is 8.97. The average molecular weight is 390 g/mol. The summed E-state index contributed by atoms with van der Waals surface area (Å²) in [5, 5.41) is 4.18. The largest absolute Gasteiger partial charge is 0.292 e. The molecule has 0 bridgehead atoms. The Kier molecular flexibility index (Phi) is 7.79. The van der Waals surface area contributed by atoms with E-state index in [0.29, 0.717) is 11.1 Å². The molecule has 2 N–H and O–H groups in total. The summed E-state index contributed by atoms with van der Waals surface area (Å²) in [7, 11) is 0. The van der Waals surface area contributed by atoms with E-state index in [9.17, 15) is 19.2 Å². The van der Waals surface area contributed by atoms with Gasteiger partial charge < -0.3 is 0 Å². The molecule has 0 radical (unpaired) electrons. The monoisotopic (exact) mass is 390 g/mol. The fraction of sp³-hybridized carbons (Fsp3) is 0.130. The number of rotatable bonds is 2. The summed E-state index contributed by atoms with van der Waals surface area (Å²) in [5.74, 6) is -1.18. The predicted octanol–water partition coefficient (Wildman–Crippen LogP) is 2.46. The number of imide groups is 2. The number of hydrogen-bond donors (Lipinski definition) is 2. The Balaban J connectivity index is 0.000000164. The van der Waals surface area contributed by atoms with E-state index in [2.05, 4.69) is 84.5 Å². The van der Waals surface area contributed by atoms with Crippen molar-refractivity contribution in [3.05, 3.63) is 96.1 Å². The minimum atomic E-state index is -0.338. The summed E-state index contributed by atoms with van der Waals surface area (Å²) >= 11 is 0. The van der Waals surface area contributed by atoms with Gasteiger partial charge in [-0.2, -0.15) is 0 Å². The smallest absolute Gasteiger partial charge is 0.253 e. The second-order valence-electron chi connectivity index (χ2n) is 6.46. The quantitative estimate of drug-likeness (QED) is 0.609. The maximum Gasteiger partial charge on any atom is 0.253 e. The van der Waals surface area contributed by atoms with Crippen LogP contribution in [0.25, 0.3) is 0 Å². The van der Waals surface area contributed by atoms with Crippen molar-refractivity contribution in [1.82, 2.24) is 10.6 Å². The third kappa shape index (κ3) is 7.38. The van der Waals surface area contributed by atoms with E-state index in [0.717, 1.165) is 6.42 Å². The van der Waals surface area contributed by atoms with Gasteiger partial charge in [-0.3, -0.25) is 29.8 Å². The summed E-state index contributed by atoms with van der Waals surface area (Å²) < 4.78 is 0. The van der Waals surface area contributed by atoms with Gasteiger partial charge in [-0.1, -0.05) is 73.8 Å². The van der Waals surface area contributed by atoms with Gasteiger partial charge in [0.2, 0.25) is 11.8 Å². The molecule has 2 fully saturated rings. The van der Waals surface area contributed by atoms with Crippen LogP contribution in [0.15, 0.2) is 85.0 Å². The molecule has 29 heavy (non-hydrogen) atoms. The van der Waals surface area contributed by atoms with Gasteiger partial charge in [0, 0.05) is 11.1 Å². The highest BCUT2D eigenvalue weighted by Crippen LogP contribution is 2.08. The van der Waals surface area contributed by atoms with Gasteiger partial charge in [0.15, 0.2) is 0 Å². The third-order valence-corrected chi connectivity index (χ3v) is 3.99. The molecule has 0 saturated carbocycles. The molecule has 0 aliphatic carbocycles. The highest BCUT2D eigenvalue weighted by molar-refractivity contribution is 6.13. The molecule has 2 aromatic rings. The van der Waals surface area contributed by atoms with Crippen molar-refractivity contribution in [2.24, 2.45) is 0 Å². The molecule has 0 unspecified atom stereocenters. The van der Waals surface area contributed by atoms with E-state index in [1.54, 1.807) is 0 Å². The lowest BCUT2D eigenvalue weighted by Crippen LogP contribution is -2.19. The minimum absolute atomic E-state index is 0.166. The Morgan fingerprint density at radius 1 is 0.621 bits per heavy atom. The lowest BCUT2D eigenvalue weighted by Gasteiger charge is -2.00. The van der Waals surface area contributed by atoms with Crippen molar-refractivity contribution in [3.8, 4) is 0 Å². The number of hydrogen-bond acceptors (Lipinski definition) is 4. The SMILES string of the molecule is C=C1CC(=O)NC1=O.C=C1CC(=O)NC1=O.c1ccc(Cc2ccccc2)cc1. The Labute approximate surface area is 169 Å². The standard InChI is InChI=1S/C13H12.2C5H5NO2/c1-3-7-12(8-4-1)11-13-9-5-2-6-10-13;2*1-3-2-4(7)6-5(3)8/h1-10H,11H2;2*1-2H2,(H,6,7,8). The summed E-state index contributed by atoms with van der Waals surface area (Å²) in [6.45, 7) is 6.71. The van der Waals surface area contributed by atoms with Crippen LogP contribution >= 0.6 is 0 Å². The zero-order valence-electron chi connectivity index (χ0n) is 15.9. The van der Waals surface area contributed by atoms with Gasteiger partial charge in [0.05, 0.1) is 12.8 Å². The molecule has 2 aromatic carbocycles. The van der Waals surface area contributed by atoms with Gasteiger partial charge >= 0.3 is 0 Å². The predicted molar refractivity (Wildman–Crippen MR) is 110 cm³/mol. The molecule has 4 amide bonds. The molecule has 2 aliphatic rings. The zero-order chi connectivity index (χ0) is 21.2. The van der Waals surface area contributed by atoms with Crippen LogP contribution in [-0.2, 0) is 25.6 Å². The number of benzene rings is 2. The fourth-order valence-corrected chi connectivity index (χ4v) is 2.49. The second kappa shape index (κ2) is 10.5. The van der Waals surface area contributed by atoms with Crippen molar-refractivity contribution in [2.45, 2.75) is 19.3 Å². The topological polar surface area (TPSA) is 92.3 Å².